The fourth-order valence-electron chi connectivity index (χ4n) is 3.58. The van der Waals surface area contributed by atoms with Gasteiger partial charge in [0.05, 0.1) is 6.42 Å². The lowest BCUT2D eigenvalue weighted by molar-refractivity contribution is -0.125. The SMILES string of the molecule is Cc1ccc(NC(=O)[C@H]2CC(=O)NC(N3CCN(c4ccc(F)cc4)CC3)=N2)cc1. The quantitative estimate of drug-likeness (QED) is 0.814. The average Bonchev–Trinajstić information content (AvgIpc) is 2.75. The maximum Gasteiger partial charge on any atom is 0.249 e. The number of hydrogen-bond donors (Lipinski definition) is 2. The number of hydrogen-bond acceptors (Lipinski definition) is 5. The number of benzene rings is 2. The second-order valence-corrected chi connectivity index (χ2v) is 7.53. The molecule has 0 bridgehead atoms. The lowest BCUT2D eigenvalue weighted by Gasteiger charge is -2.38. The largest absolute Gasteiger partial charge is 0.368 e. The zero-order valence-electron chi connectivity index (χ0n) is 16.8. The molecule has 1 atom stereocenters. The predicted molar refractivity (Wildman–Crippen MR) is 114 cm³/mol. The smallest absolute Gasteiger partial charge is 0.249 e. The van der Waals surface area contributed by atoms with Crippen LogP contribution in [0.25, 0.3) is 0 Å². The van der Waals surface area contributed by atoms with Crippen LogP contribution in [-0.4, -0.2) is 54.9 Å². The Kier molecular flexibility index (Phi) is 5.65. The summed E-state index contributed by atoms with van der Waals surface area (Å²) in [5, 5.41) is 5.63. The Morgan fingerprint density at radius 3 is 2.33 bits per heavy atom. The van der Waals surface area contributed by atoms with Gasteiger partial charge in [-0.2, -0.15) is 0 Å². The highest BCUT2D eigenvalue weighted by Crippen LogP contribution is 2.18. The molecule has 1 saturated heterocycles. The Labute approximate surface area is 174 Å². The molecule has 2 amide bonds. The normalized spacial score (nSPS) is 19.2. The first-order valence-corrected chi connectivity index (χ1v) is 9.98. The first-order chi connectivity index (χ1) is 14.5. The van der Waals surface area contributed by atoms with Crippen molar-refractivity contribution in [3.05, 3.63) is 59.9 Å². The maximum atomic E-state index is 13.1. The number of carbonyl (C=O) groups excluding carboxylic acids is 2. The highest BCUT2D eigenvalue weighted by molar-refractivity contribution is 6.06. The van der Waals surface area contributed by atoms with Crippen LogP contribution in [-0.2, 0) is 9.59 Å². The Morgan fingerprint density at radius 2 is 1.67 bits per heavy atom. The standard InChI is InChI=1S/C22H24FN5O2/c1-15-2-6-17(7-3-15)24-21(30)19-14-20(29)26-22(25-19)28-12-10-27(11-13-28)18-8-4-16(23)5-9-18/h2-9,19H,10-14H2,1H3,(H,24,30)(H,25,26,29)/t19-/m1/s1. The van der Waals surface area contributed by atoms with E-state index in [-0.39, 0.29) is 24.1 Å². The molecule has 156 valence electrons. The summed E-state index contributed by atoms with van der Waals surface area (Å²) >= 11 is 0. The minimum Gasteiger partial charge on any atom is -0.368 e. The number of nitrogens with zero attached hydrogens (tertiary/aromatic N) is 3. The number of anilines is 2. The van der Waals surface area contributed by atoms with E-state index in [1.165, 1.54) is 12.1 Å². The molecule has 2 N–H and O–H groups in total. The molecule has 0 aromatic heterocycles. The molecule has 0 aliphatic carbocycles. The molecule has 30 heavy (non-hydrogen) atoms. The van der Waals surface area contributed by atoms with E-state index in [1.807, 2.05) is 36.1 Å². The third-order valence-corrected chi connectivity index (χ3v) is 5.30. The number of aliphatic imine (C=N–C) groups is 1. The number of carbonyl (C=O) groups is 2. The van der Waals surface area contributed by atoms with Crippen LogP contribution in [0.4, 0.5) is 15.8 Å². The second-order valence-electron chi connectivity index (χ2n) is 7.53. The van der Waals surface area contributed by atoms with Gasteiger partial charge in [0.1, 0.15) is 11.9 Å². The van der Waals surface area contributed by atoms with Gasteiger partial charge >= 0.3 is 0 Å². The summed E-state index contributed by atoms with van der Waals surface area (Å²) in [6, 6.07) is 13.1. The number of amides is 2. The topological polar surface area (TPSA) is 77.0 Å². The molecule has 1 fully saturated rings. The van der Waals surface area contributed by atoms with Gasteiger partial charge in [0.15, 0.2) is 0 Å². The molecule has 4 rings (SSSR count). The van der Waals surface area contributed by atoms with Crippen molar-refractivity contribution in [2.75, 3.05) is 36.4 Å². The molecule has 8 heteroatoms. The summed E-state index contributed by atoms with van der Waals surface area (Å²) < 4.78 is 13.1. The van der Waals surface area contributed by atoms with Crippen molar-refractivity contribution in [3.63, 3.8) is 0 Å². The molecule has 2 aliphatic heterocycles. The summed E-state index contributed by atoms with van der Waals surface area (Å²) in [5.41, 5.74) is 2.74. The van der Waals surface area contributed by atoms with Gasteiger partial charge in [-0.3, -0.25) is 14.9 Å². The lowest BCUT2D eigenvalue weighted by Crippen LogP contribution is -2.56. The number of piperazine rings is 1. The van der Waals surface area contributed by atoms with Crippen LogP contribution in [0, 0.1) is 12.7 Å². The fourth-order valence-corrected chi connectivity index (χ4v) is 3.58. The number of guanidine groups is 1. The van der Waals surface area contributed by atoms with E-state index in [2.05, 4.69) is 20.5 Å². The third kappa shape index (κ3) is 4.59. The van der Waals surface area contributed by atoms with Crippen molar-refractivity contribution < 1.29 is 14.0 Å². The number of aryl methyl sites for hydroxylation is 1. The van der Waals surface area contributed by atoms with Gasteiger partial charge < -0.3 is 15.1 Å². The Morgan fingerprint density at radius 1 is 1.03 bits per heavy atom. The molecule has 2 heterocycles. The van der Waals surface area contributed by atoms with Crippen LogP contribution in [0.2, 0.25) is 0 Å². The van der Waals surface area contributed by atoms with E-state index in [0.29, 0.717) is 37.8 Å². The Hall–Kier alpha value is -3.42. The van der Waals surface area contributed by atoms with Gasteiger partial charge in [0.25, 0.3) is 0 Å². The Bertz CT molecular complexity index is 950. The van der Waals surface area contributed by atoms with E-state index in [9.17, 15) is 14.0 Å². The van der Waals surface area contributed by atoms with Gasteiger partial charge in [-0.25, -0.2) is 9.38 Å². The van der Waals surface area contributed by atoms with Crippen LogP contribution in [0.5, 0.6) is 0 Å². The molecule has 2 aliphatic rings. The minimum atomic E-state index is -0.759. The highest BCUT2D eigenvalue weighted by atomic mass is 19.1. The predicted octanol–water partition coefficient (Wildman–Crippen LogP) is 2.14. The van der Waals surface area contributed by atoms with Gasteiger partial charge in [0.2, 0.25) is 17.8 Å². The van der Waals surface area contributed by atoms with Crippen LogP contribution in [0.15, 0.2) is 53.5 Å². The fraction of sp³-hybridized carbons (Fsp3) is 0.318. The average molecular weight is 409 g/mol. The minimum absolute atomic E-state index is 0.0245. The van der Waals surface area contributed by atoms with E-state index in [0.717, 1.165) is 11.3 Å². The van der Waals surface area contributed by atoms with Crippen molar-refractivity contribution in [2.24, 2.45) is 4.99 Å². The van der Waals surface area contributed by atoms with Crippen LogP contribution >= 0.6 is 0 Å². The van der Waals surface area contributed by atoms with Crippen molar-refractivity contribution in [1.29, 1.82) is 0 Å². The zero-order chi connectivity index (χ0) is 21.1. The van der Waals surface area contributed by atoms with Gasteiger partial charge in [-0.1, -0.05) is 17.7 Å². The summed E-state index contributed by atoms with van der Waals surface area (Å²) in [7, 11) is 0. The monoisotopic (exact) mass is 409 g/mol. The number of nitrogens with one attached hydrogen (secondary N) is 2. The lowest BCUT2D eigenvalue weighted by atomic mass is 10.1. The molecular weight excluding hydrogens is 385 g/mol. The molecular formula is C22H24FN5O2. The van der Waals surface area contributed by atoms with E-state index >= 15 is 0 Å². The van der Waals surface area contributed by atoms with Gasteiger partial charge in [0, 0.05) is 37.6 Å². The second kappa shape index (κ2) is 8.52. The number of halogens is 1. The van der Waals surface area contributed by atoms with Crippen LogP contribution in [0.3, 0.4) is 0 Å². The molecule has 0 radical (unpaired) electrons. The van der Waals surface area contributed by atoms with Crippen molar-refractivity contribution in [1.82, 2.24) is 10.2 Å². The van der Waals surface area contributed by atoms with Gasteiger partial charge in [-0.05, 0) is 43.3 Å². The highest BCUT2D eigenvalue weighted by Gasteiger charge is 2.30. The molecule has 7 nitrogen and oxygen atoms in total. The summed E-state index contributed by atoms with van der Waals surface area (Å²) in [5.74, 6) is -0.332. The maximum absolute atomic E-state index is 13.1. The summed E-state index contributed by atoms with van der Waals surface area (Å²) in [6.07, 6.45) is 0.0245. The molecule has 2 aromatic rings. The van der Waals surface area contributed by atoms with Crippen LogP contribution < -0.4 is 15.5 Å². The van der Waals surface area contributed by atoms with Crippen molar-refractivity contribution >= 4 is 29.1 Å². The van der Waals surface area contributed by atoms with Crippen LogP contribution in [0.1, 0.15) is 12.0 Å². The first-order valence-electron chi connectivity index (χ1n) is 9.98. The molecule has 0 unspecified atom stereocenters. The van der Waals surface area contributed by atoms with E-state index in [1.54, 1.807) is 12.1 Å². The summed E-state index contributed by atoms with van der Waals surface area (Å²) in [6.45, 7) is 4.68. The summed E-state index contributed by atoms with van der Waals surface area (Å²) in [4.78, 5) is 33.5. The first kappa shape index (κ1) is 19.9. The van der Waals surface area contributed by atoms with E-state index in [4.69, 9.17) is 0 Å². The Balaban J connectivity index is 1.40. The number of rotatable bonds is 3. The van der Waals surface area contributed by atoms with Gasteiger partial charge in [-0.15, -0.1) is 0 Å². The molecule has 0 spiro atoms. The van der Waals surface area contributed by atoms with Crippen molar-refractivity contribution in [3.8, 4) is 0 Å². The molecule has 2 aromatic carbocycles. The van der Waals surface area contributed by atoms with Crippen molar-refractivity contribution in [2.45, 2.75) is 19.4 Å². The molecule has 0 saturated carbocycles. The third-order valence-electron chi connectivity index (χ3n) is 5.30. The zero-order valence-corrected chi connectivity index (χ0v) is 16.8. The van der Waals surface area contributed by atoms with E-state index < -0.39 is 6.04 Å².